The van der Waals surface area contributed by atoms with Gasteiger partial charge in [-0.2, -0.15) is 0 Å². The second-order valence-electron chi connectivity index (χ2n) is 6.64. The molecule has 10 heteroatoms. The molecule has 31 heavy (non-hydrogen) atoms. The molecule has 2 aromatic carbocycles. The summed E-state index contributed by atoms with van der Waals surface area (Å²) in [5.41, 5.74) is 1.20. The van der Waals surface area contributed by atoms with Gasteiger partial charge in [-0.25, -0.2) is 0 Å². The number of benzene rings is 2. The van der Waals surface area contributed by atoms with Crippen molar-refractivity contribution in [3.05, 3.63) is 64.4 Å². The van der Waals surface area contributed by atoms with E-state index in [1.807, 2.05) is 25.1 Å². The van der Waals surface area contributed by atoms with E-state index in [0.717, 1.165) is 4.47 Å². The summed E-state index contributed by atoms with van der Waals surface area (Å²) < 4.78 is 7.65. The van der Waals surface area contributed by atoms with Gasteiger partial charge in [-0.15, -0.1) is 10.2 Å². The van der Waals surface area contributed by atoms with Crippen molar-refractivity contribution in [3.8, 4) is 5.75 Å². The fraction of sp³-hybridized carbons (Fsp3) is 0.238. The summed E-state index contributed by atoms with van der Waals surface area (Å²) in [5.74, 6) is 1.05. The highest BCUT2D eigenvalue weighted by Crippen LogP contribution is 2.22. The number of aromatic nitrogens is 3. The molecule has 0 bridgehead atoms. The minimum atomic E-state index is -0.364. The fourth-order valence-electron chi connectivity index (χ4n) is 2.84. The van der Waals surface area contributed by atoms with Gasteiger partial charge in [-0.05, 0) is 47.1 Å². The number of methoxy groups -OCH3 is 1. The molecular formula is C21H22BrN5O3S. The Balaban J connectivity index is 1.58. The maximum atomic E-state index is 12.5. The average Bonchev–Trinajstić information content (AvgIpc) is 3.13. The van der Waals surface area contributed by atoms with E-state index in [1.54, 1.807) is 49.1 Å². The molecule has 1 heterocycles. The van der Waals surface area contributed by atoms with Crippen LogP contribution in [0.2, 0.25) is 0 Å². The van der Waals surface area contributed by atoms with E-state index in [1.165, 1.54) is 11.8 Å². The third-order valence-corrected chi connectivity index (χ3v) is 6.12. The van der Waals surface area contributed by atoms with Crippen LogP contribution in [0.25, 0.3) is 0 Å². The van der Waals surface area contributed by atoms with Crippen molar-refractivity contribution < 1.29 is 14.3 Å². The van der Waals surface area contributed by atoms with Crippen LogP contribution in [0.5, 0.6) is 5.75 Å². The van der Waals surface area contributed by atoms with E-state index in [-0.39, 0.29) is 23.6 Å². The topological polar surface area (TPSA) is 98.1 Å². The molecule has 0 radical (unpaired) electrons. The van der Waals surface area contributed by atoms with Crippen LogP contribution in [-0.4, -0.2) is 39.4 Å². The Morgan fingerprint density at radius 2 is 1.97 bits per heavy atom. The maximum absolute atomic E-state index is 12.5. The highest BCUT2D eigenvalue weighted by Gasteiger charge is 2.20. The van der Waals surface area contributed by atoms with Crippen LogP contribution in [0.3, 0.4) is 0 Å². The Morgan fingerprint density at radius 1 is 1.19 bits per heavy atom. The monoisotopic (exact) mass is 503 g/mol. The van der Waals surface area contributed by atoms with E-state index in [9.17, 15) is 9.59 Å². The summed E-state index contributed by atoms with van der Waals surface area (Å²) in [6, 6.07) is 14.0. The van der Waals surface area contributed by atoms with E-state index >= 15 is 0 Å². The normalized spacial score (nSPS) is 11.6. The van der Waals surface area contributed by atoms with Crippen LogP contribution in [0.15, 0.2) is 58.2 Å². The average molecular weight is 504 g/mol. The van der Waals surface area contributed by atoms with Crippen molar-refractivity contribution in [2.45, 2.75) is 18.1 Å². The SMILES string of the molecule is COc1cccc(NC(=O)CSc2nnc(C(C)NC(=O)c3ccccc3Br)n2C)c1. The highest BCUT2D eigenvalue weighted by atomic mass is 79.9. The molecule has 0 fully saturated rings. The van der Waals surface area contributed by atoms with E-state index in [0.29, 0.717) is 28.0 Å². The Hall–Kier alpha value is -2.85. The molecule has 0 saturated carbocycles. The standard InChI is InChI=1S/C21H22BrN5O3S/c1-13(23-20(29)16-9-4-5-10-17(16)22)19-25-26-21(27(19)2)31-12-18(28)24-14-7-6-8-15(11-14)30-3/h4-11,13H,12H2,1-3H3,(H,23,29)(H,24,28). The number of thioether (sulfide) groups is 1. The predicted octanol–water partition coefficient (Wildman–Crippen LogP) is 3.81. The van der Waals surface area contributed by atoms with Gasteiger partial charge in [-0.3, -0.25) is 9.59 Å². The lowest BCUT2D eigenvalue weighted by atomic mass is 10.2. The van der Waals surface area contributed by atoms with Gasteiger partial charge >= 0.3 is 0 Å². The zero-order chi connectivity index (χ0) is 22.4. The Labute approximate surface area is 192 Å². The number of rotatable bonds is 8. The van der Waals surface area contributed by atoms with Crippen molar-refractivity contribution in [3.63, 3.8) is 0 Å². The van der Waals surface area contributed by atoms with Crippen molar-refractivity contribution in [1.29, 1.82) is 0 Å². The molecule has 2 N–H and O–H groups in total. The van der Waals surface area contributed by atoms with Gasteiger partial charge in [0.15, 0.2) is 11.0 Å². The number of hydrogen-bond donors (Lipinski definition) is 2. The van der Waals surface area contributed by atoms with Gasteiger partial charge < -0.3 is 19.9 Å². The van der Waals surface area contributed by atoms with Crippen LogP contribution in [0.4, 0.5) is 5.69 Å². The van der Waals surface area contributed by atoms with Crippen LogP contribution in [-0.2, 0) is 11.8 Å². The highest BCUT2D eigenvalue weighted by molar-refractivity contribution is 9.10. The van der Waals surface area contributed by atoms with Crippen molar-refractivity contribution in [2.75, 3.05) is 18.2 Å². The van der Waals surface area contributed by atoms with Gasteiger partial charge in [0, 0.05) is 23.3 Å². The first-order chi connectivity index (χ1) is 14.9. The number of nitrogens with one attached hydrogen (secondary N) is 2. The number of nitrogens with zero attached hydrogens (tertiary/aromatic N) is 3. The van der Waals surface area contributed by atoms with Gasteiger partial charge in [0.05, 0.1) is 24.5 Å². The molecule has 3 rings (SSSR count). The molecule has 8 nitrogen and oxygen atoms in total. The molecular weight excluding hydrogens is 482 g/mol. The zero-order valence-corrected chi connectivity index (χ0v) is 19.7. The van der Waals surface area contributed by atoms with Crippen LogP contribution >= 0.6 is 27.7 Å². The first-order valence-electron chi connectivity index (χ1n) is 9.40. The second kappa shape index (κ2) is 10.5. The lowest BCUT2D eigenvalue weighted by Gasteiger charge is -2.14. The van der Waals surface area contributed by atoms with Gasteiger partial charge in [0.2, 0.25) is 5.91 Å². The van der Waals surface area contributed by atoms with E-state index in [2.05, 4.69) is 36.8 Å². The first kappa shape index (κ1) is 22.8. The van der Waals surface area contributed by atoms with E-state index < -0.39 is 0 Å². The number of carbonyl (C=O) groups excluding carboxylic acids is 2. The van der Waals surface area contributed by atoms with Crippen molar-refractivity contribution >= 4 is 45.2 Å². The molecule has 1 unspecified atom stereocenters. The molecule has 1 atom stereocenters. The largest absolute Gasteiger partial charge is 0.497 e. The molecule has 0 aliphatic rings. The van der Waals surface area contributed by atoms with E-state index in [4.69, 9.17) is 4.74 Å². The Morgan fingerprint density at radius 3 is 2.71 bits per heavy atom. The minimum absolute atomic E-state index is 0.168. The summed E-state index contributed by atoms with van der Waals surface area (Å²) in [6.45, 7) is 1.84. The Bertz CT molecular complexity index is 1090. The molecule has 2 amide bonds. The molecule has 162 valence electrons. The van der Waals surface area contributed by atoms with Gasteiger partial charge in [-0.1, -0.05) is 30.0 Å². The zero-order valence-electron chi connectivity index (χ0n) is 17.3. The number of hydrogen-bond acceptors (Lipinski definition) is 6. The molecule has 0 aliphatic heterocycles. The van der Waals surface area contributed by atoms with Crippen LogP contribution < -0.4 is 15.4 Å². The fourth-order valence-corrected chi connectivity index (χ4v) is 4.02. The van der Waals surface area contributed by atoms with Crippen LogP contribution in [0.1, 0.15) is 29.1 Å². The number of anilines is 1. The lowest BCUT2D eigenvalue weighted by Crippen LogP contribution is -2.28. The third kappa shape index (κ3) is 5.86. The lowest BCUT2D eigenvalue weighted by molar-refractivity contribution is -0.113. The number of halogens is 1. The second-order valence-corrected chi connectivity index (χ2v) is 8.44. The molecule has 1 aromatic heterocycles. The summed E-state index contributed by atoms with van der Waals surface area (Å²) in [4.78, 5) is 24.8. The van der Waals surface area contributed by atoms with Crippen molar-refractivity contribution in [2.24, 2.45) is 7.05 Å². The molecule has 0 saturated heterocycles. The third-order valence-electron chi connectivity index (χ3n) is 4.41. The summed E-state index contributed by atoms with van der Waals surface area (Å²) >= 11 is 4.65. The number of ether oxygens (including phenoxy) is 1. The first-order valence-corrected chi connectivity index (χ1v) is 11.2. The molecule has 0 spiro atoms. The molecule has 0 aliphatic carbocycles. The van der Waals surface area contributed by atoms with Gasteiger partial charge in [0.1, 0.15) is 5.75 Å². The quantitative estimate of drug-likeness (QED) is 0.453. The maximum Gasteiger partial charge on any atom is 0.253 e. The van der Waals surface area contributed by atoms with Crippen LogP contribution in [0, 0.1) is 0 Å². The molecule has 3 aromatic rings. The Kier molecular flexibility index (Phi) is 7.69. The van der Waals surface area contributed by atoms with Crippen molar-refractivity contribution in [1.82, 2.24) is 20.1 Å². The minimum Gasteiger partial charge on any atom is -0.497 e. The smallest absolute Gasteiger partial charge is 0.253 e. The summed E-state index contributed by atoms with van der Waals surface area (Å²) in [6.07, 6.45) is 0. The number of amides is 2. The van der Waals surface area contributed by atoms with Gasteiger partial charge in [0.25, 0.3) is 5.91 Å². The predicted molar refractivity (Wildman–Crippen MR) is 123 cm³/mol. The summed E-state index contributed by atoms with van der Waals surface area (Å²) in [5, 5.41) is 14.7. The number of carbonyl (C=O) groups is 2. The summed E-state index contributed by atoms with van der Waals surface area (Å²) in [7, 11) is 3.38.